The summed E-state index contributed by atoms with van der Waals surface area (Å²) in [7, 11) is 0. The van der Waals surface area contributed by atoms with Gasteiger partial charge in [0.1, 0.15) is 5.60 Å². The molecule has 2 aromatic carbocycles. The van der Waals surface area contributed by atoms with Crippen molar-refractivity contribution < 1.29 is 9.90 Å². The van der Waals surface area contributed by atoms with Crippen LogP contribution in [0.3, 0.4) is 0 Å². The summed E-state index contributed by atoms with van der Waals surface area (Å²) in [5.74, 6) is -0.570. The van der Waals surface area contributed by atoms with Crippen LogP contribution in [0.2, 0.25) is 0 Å². The number of carbonyl (C=O) groups is 1. The molecule has 3 nitrogen and oxygen atoms in total. The summed E-state index contributed by atoms with van der Waals surface area (Å²) in [5, 5.41) is 11.8. The van der Waals surface area contributed by atoms with Gasteiger partial charge < -0.3 is 10.0 Å². The van der Waals surface area contributed by atoms with Crippen LogP contribution in [0.4, 0.5) is 0 Å². The molecule has 1 atom stereocenters. The smallest absolute Gasteiger partial charge is 0.229 e. The topological polar surface area (TPSA) is 40.5 Å². The molecule has 0 aromatic heterocycles. The molecule has 0 fully saturated rings. The largest absolute Gasteiger partial charge is 0.379 e. The highest BCUT2D eigenvalue weighted by Gasteiger charge is 2.47. The molecule has 0 radical (unpaired) electrons. The minimum Gasteiger partial charge on any atom is -0.379 e. The van der Waals surface area contributed by atoms with Gasteiger partial charge in [0.25, 0.3) is 0 Å². The zero-order valence-corrected chi connectivity index (χ0v) is 15.1. The molecular weight excluding hydrogens is 318 g/mol. The lowest BCUT2D eigenvalue weighted by atomic mass is 9.75. The summed E-state index contributed by atoms with van der Waals surface area (Å²) < 4.78 is 0. The second kappa shape index (κ2) is 6.61. The van der Waals surface area contributed by atoms with Crippen molar-refractivity contribution in [2.45, 2.75) is 36.2 Å². The number of aliphatic hydroxyl groups is 1. The molecule has 4 heteroatoms. The van der Waals surface area contributed by atoms with Gasteiger partial charge in [0.05, 0.1) is 5.92 Å². The number of hydrogen-bond acceptors (Lipinski definition) is 3. The molecule has 1 aliphatic heterocycles. The third kappa shape index (κ3) is 2.54. The summed E-state index contributed by atoms with van der Waals surface area (Å²) in [6, 6.07) is 15.7. The molecule has 0 bridgehead atoms. The number of nitrogens with zero attached hydrogens (tertiary/aromatic N) is 1. The molecule has 0 unspecified atom stereocenters. The van der Waals surface area contributed by atoms with Gasteiger partial charge in [-0.05, 0) is 26.0 Å². The summed E-state index contributed by atoms with van der Waals surface area (Å²) in [4.78, 5) is 16.8. The van der Waals surface area contributed by atoms with Crippen LogP contribution in [0.1, 0.15) is 31.9 Å². The van der Waals surface area contributed by atoms with E-state index in [9.17, 15) is 9.90 Å². The van der Waals surface area contributed by atoms with Crippen LogP contribution in [-0.2, 0) is 10.4 Å². The summed E-state index contributed by atoms with van der Waals surface area (Å²) in [6.07, 6.45) is 0. The maximum absolute atomic E-state index is 13.0. The first-order valence-electron chi connectivity index (χ1n) is 8.42. The first kappa shape index (κ1) is 17.1. The molecule has 2 aromatic rings. The predicted octanol–water partition coefficient (Wildman–Crippen LogP) is 3.89. The van der Waals surface area contributed by atoms with Gasteiger partial charge in [0, 0.05) is 34.0 Å². The summed E-state index contributed by atoms with van der Waals surface area (Å²) in [6.45, 7) is 7.07. The van der Waals surface area contributed by atoms with Crippen LogP contribution in [0.25, 0.3) is 0 Å². The highest BCUT2D eigenvalue weighted by molar-refractivity contribution is 7.99. The van der Waals surface area contributed by atoms with Crippen molar-refractivity contribution in [3.05, 3.63) is 59.7 Å². The molecule has 1 amide bonds. The Kier molecular flexibility index (Phi) is 4.70. The van der Waals surface area contributed by atoms with Gasteiger partial charge in [-0.3, -0.25) is 4.79 Å². The van der Waals surface area contributed by atoms with Crippen molar-refractivity contribution in [2.75, 3.05) is 13.1 Å². The second-order valence-electron chi connectivity index (χ2n) is 6.09. The fourth-order valence-corrected chi connectivity index (χ4v) is 4.66. The molecule has 0 aliphatic carbocycles. The normalized spacial score (nSPS) is 16.0. The van der Waals surface area contributed by atoms with Crippen LogP contribution in [0, 0.1) is 5.92 Å². The Hall–Kier alpha value is -1.78. The van der Waals surface area contributed by atoms with E-state index >= 15 is 0 Å². The number of hydrogen-bond donors (Lipinski definition) is 1. The number of amides is 1. The Labute approximate surface area is 147 Å². The molecular formula is C20H23NO2S. The Morgan fingerprint density at radius 1 is 1.04 bits per heavy atom. The van der Waals surface area contributed by atoms with E-state index in [0.717, 1.165) is 20.9 Å². The maximum atomic E-state index is 13.0. The van der Waals surface area contributed by atoms with Crippen LogP contribution in [-0.4, -0.2) is 29.0 Å². The van der Waals surface area contributed by atoms with Crippen LogP contribution in [0.15, 0.2) is 58.3 Å². The van der Waals surface area contributed by atoms with Crippen LogP contribution >= 0.6 is 11.8 Å². The Balaban J connectivity index is 2.16. The standard InChI is InChI=1S/C20H23NO2S/c1-4-21(5-2)19(22)14(3)20(23)15-10-6-8-12-17(15)24-18-13-9-7-11-16(18)20/h6-14,23H,4-5H2,1-3H3/t14-/m1/s1. The zero-order chi connectivity index (χ0) is 17.3. The van der Waals surface area contributed by atoms with Gasteiger partial charge >= 0.3 is 0 Å². The van der Waals surface area contributed by atoms with Gasteiger partial charge in [-0.2, -0.15) is 0 Å². The fraction of sp³-hybridized carbons (Fsp3) is 0.350. The van der Waals surface area contributed by atoms with Crippen LogP contribution < -0.4 is 0 Å². The van der Waals surface area contributed by atoms with Gasteiger partial charge in [-0.15, -0.1) is 0 Å². The molecule has 24 heavy (non-hydrogen) atoms. The van der Waals surface area contributed by atoms with Gasteiger partial charge in [0.2, 0.25) is 5.91 Å². The fourth-order valence-electron chi connectivity index (χ4n) is 3.46. The van der Waals surface area contributed by atoms with Gasteiger partial charge in [0.15, 0.2) is 0 Å². The lowest BCUT2D eigenvalue weighted by molar-refractivity contribution is -0.142. The predicted molar refractivity (Wildman–Crippen MR) is 97.1 cm³/mol. The monoisotopic (exact) mass is 341 g/mol. The Bertz CT molecular complexity index is 709. The van der Waals surface area contributed by atoms with E-state index in [1.807, 2.05) is 69.3 Å². The maximum Gasteiger partial charge on any atom is 0.229 e. The highest BCUT2D eigenvalue weighted by atomic mass is 32.2. The quantitative estimate of drug-likeness (QED) is 0.917. The van der Waals surface area contributed by atoms with Gasteiger partial charge in [-0.1, -0.05) is 55.1 Å². The first-order chi connectivity index (χ1) is 11.5. The van der Waals surface area contributed by atoms with Gasteiger partial charge in [-0.25, -0.2) is 0 Å². The average molecular weight is 341 g/mol. The number of fused-ring (bicyclic) bond motifs is 2. The lowest BCUT2D eigenvalue weighted by Crippen LogP contribution is -2.47. The minimum absolute atomic E-state index is 0.0148. The highest BCUT2D eigenvalue weighted by Crippen LogP contribution is 2.51. The van der Waals surface area contributed by atoms with Crippen molar-refractivity contribution in [2.24, 2.45) is 5.92 Å². The average Bonchev–Trinajstić information content (AvgIpc) is 2.62. The van der Waals surface area contributed by atoms with E-state index in [1.165, 1.54) is 0 Å². The van der Waals surface area contributed by atoms with Crippen molar-refractivity contribution in [1.82, 2.24) is 4.90 Å². The third-order valence-corrected chi connectivity index (χ3v) is 6.04. The van der Waals surface area contributed by atoms with E-state index < -0.39 is 11.5 Å². The number of rotatable bonds is 4. The molecule has 3 rings (SSSR count). The molecule has 1 N–H and O–H groups in total. The van der Waals surface area contributed by atoms with Crippen molar-refractivity contribution >= 4 is 17.7 Å². The zero-order valence-electron chi connectivity index (χ0n) is 14.3. The summed E-state index contributed by atoms with van der Waals surface area (Å²) in [5.41, 5.74) is 0.335. The summed E-state index contributed by atoms with van der Waals surface area (Å²) >= 11 is 1.65. The molecule has 0 spiro atoms. The molecule has 126 valence electrons. The molecule has 1 aliphatic rings. The van der Waals surface area contributed by atoms with Crippen LogP contribution in [0.5, 0.6) is 0 Å². The SMILES string of the molecule is CCN(CC)C(=O)[C@@H](C)C1(O)c2ccccc2Sc2ccccc21. The third-order valence-electron chi connectivity index (χ3n) is 4.89. The van der Waals surface area contributed by atoms with Crippen molar-refractivity contribution in [3.8, 4) is 0 Å². The Morgan fingerprint density at radius 3 is 1.96 bits per heavy atom. The number of benzene rings is 2. The molecule has 0 saturated carbocycles. The van der Waals surface area contributed by atoms with E-state index in [-0.39, 0.29) is 5.91 Å². The lowest BCUT2D eigenvalue weighted by Gasteiger charge is -2.41. The first-order valence-corrected chi connectivity index (χ1v) is 9.23. The second-order valence-corrected chi connectivity index (χ2v) is 7.18. The van der Waals surface area contributed by atoms with Crippen molar-refractivity contribution in [3.63, 3.8) is 0 Å². The van der Waals surface area contributed by atoms with E-state index in [2.05, 4.69) is 0 Å². The van der Waals surface area contributed by atoms with E-state index in [4.69, 9.17) is 0 Å². The van der Waals surface area contributed by atoms with E-state index in [1.54, 1.807) is 16.7 Å². The molecule has 0 saturated heterocycles. The van der Waals surface area contributed by atoms with E-state index in [0.29, 0.717) is 13.1 Å². The number of carbonyl (C=O) groups excluding carboxylic acids is 1. The van der Waals surface area contributed by atoms with Crippen molar-refractivity contribution in [1.29, 1.82) is 0 Å². The minimum atomic E-state index is -1.31. The Morgan fingerprint density at radius 2 is 1.50 bits per heavy atom. The molecule has 1 heterocycles.